The van der Waals surface area contributed by atoms with E-state index in [1.807, 2.05) is 30.3 Å². The number of fused-ring (bicyclic) bond motifs is 2. The van der Waals surface area contributed by atoms with Crippen LogP contribution in [0, 0.1) is 82.0 Å². The highest BCUT2D eigenvalue weighted by molar-refractivity contribution is 5.84. The fraction of sp³-hybridized carbons (Fsp3) is 0.648. The minimum Gasteiger partial charge on any atom is -0.508 e. The third-order valence-corrected chi connectivity index (χ3v) is 23.3. The number of hydrogen-bond donors (Lipinski definition) is 7. The SMILES string of the molecule is CC[C@H]1C[C@H]2C=C[C@@H]1C[C@H](O)C[C@]1(CC[C@H]3C=C[C@H]4CC[C@@H](CNC)C[C@@]45C[C@]31CCO5)CN=C(N)NCC[C@@H]1[C@H](CO)CC[C@H]3CC#COc4ccc(cc4O[C@H]31)[C@@H]1Oc3cc(OC)c4c(c3C[C@H]1O)[C@@H]2Cc1cc(O)c(CC(C)C)cc1-4. The highest BCUT2D eigenvalue weighted by Crippen LogP contribution is 2.69. The van der Waals surface area contributed by atoms with Gasteiger partial charge in [0, 0.05) is 74.1 Å². The zero-order chi connectivity index (χ0) is 58.1. The molecule has 3 aromatic rings. The Morgan fingerprint density at radius 3 is 2.58 bits per heavy atom. The van der Waals surface area contributed by atoms with Gasteiger partial charge in [-0.25, -0.2) is 0 Å². The molecule has 0 radical (unpaired) electrons. The summed E-state index contributed by atoms with van der Waals surface area (Å²) in [7, 11) is 3.81. The number of ether oxygens (including phenoxy) is 5. The number of aliphatic hydroxyl groups excluding tert-OH is 3. The summed E-state index contributed by atoms with van der Waals surface area (Å²) in [6, 6.07) is 12.0. The Morgan fingerprint density at radius 2 is 1.76 bits per heavy atom. The van der Waals surface area contributed by atoms with E-state index in [4.69, 9.17) is 34.4 Å². The molecule has 8 N–H and O–H groups in total. The zero-order valence-electron chi connectivity index (χ0n) is 50.6. The molecule has 1 saturated heterocycles. The molecule has 0 unspecified atom stereocenters. The molecule has 3 saturated carbocycles. The van der Waals surface area contributed by atoms with Crippen molar-refractivity contribution in [1.29, 1.82) is 0 Å². The summed E-state index contributed by atoms with van der Waals surface area (Å²) in [6.07, 6.45) is 25.9. The number of phenols is 1. The molecule has 7 aliphatic heterocycles. The number of methoxy groups -OCH3 is 1. The lowest BCUT2D eigenvalue weighted by molar-refractivity contribution is -0.198. The lowest BCUT2D eigenvalue weighted by Crippen LogP contribution is -2.58. The number of nitrogens with one attached hydrogen (secondary N) is 2. The molecule has 4 fully saturated rings. The second-order valence-electron chi connectivity index (χ2n) is 28.3. The van der Waals surface area contributed by atoms with Crippen LogP contribution in [0.5, 0.6) is 28.7 Å². The van der Waals surface area contributed by atoms with Crippen LogP contribution < -0.4 is 35.3 Å². The first-order valence-corrected chi connectivity index (χ1v) is 32.6. The van der Waals surface area contributed by atoms with Crippen LogP contribution in [0.3, 0.4) is 0 Å². The summed E-state index contributed by atoms with van der Waals surface area (Å²) >= 11 is 0. The fourth-order valence-corrected chi connectivity index (χ4v) is 19.3. The molecular formula is C71H94N4O9. The predicted octanol–water partition coefficient (Wildman–Crippen LogP) is 10.9. The number of aliphatic imine (C=N–C) groups is 1. The van der Waals surface area contributed by atoms with E-state index in [0.29, 0.717) is 116 Å². The summed E-state index contributed by atoms with van der Waals surface area (Å²) in [4.78, 5) is 5.38. The van der Waals surface area contributed by atoms with E-state index < -0.39 is 18.3 Å². The second-order valence-corrected chi connectivity index (χ2v) is 28.3. The minimum atomic E-state index is -0.900. The van der Waals surface area contributed by atoms with Crippen molar-refractivity contribution in [1.82, 2.24) is 10.6 Å². The summed E-state index contributed by atoms with van der Waals surface area (Å²) in [5.41, 5.74) is 13.4. The van der Waals surface area contributed by atoms with Crippen LogP contribution in [-0.4, -0.2) is 97.3 Å². The Labute approximate surface area is 499 Å². The van der Waals surface area contributed by atoms with Crippen LogP contribution in [0.4, 0.5) is 0 Å². The molecule has 17 atom stereocenters. The van der Waals surface area contributed by atoms with Crippen LogP contribution in [0.25, 0.3) is 11.1 Å². The molecule has 11 bridgehead atoms. The summed E-state index contributed by atoms with van der Waals surface area (Å²) in [5, 5.41) is 55.4. The van der Waals surface area contributed by atoms with E-state index in [1.165, 1.54) is 6.42 Å². The van der Waals surface area contributed by atoms with Gasteiger partial charge in [0.05, 0.1) is 24.9 Å². The third-order valence-electron chi connectivity index (χ3n) is 23.3. The van der Waals surface area contributed by atoms with Gasteiger partial charge in [0.25, 0.3) is 0 Å². The van der Waals surface area contributed by atoms with Gasteiger partial charge in [-0.1, -0.05) is 63.5 Å². The van der Waals surface area contributed by atoms with Crippen LogP contribution >= 0.6 is 0 Å². The van der Waals surface area contributed by atoms with Gasteiger partial charge in [0.1, 0.15) is 35.6 Å². The van der Waals surface area contributed by atoms with Crippen molar-refractivity contribution in [2.45, 2.75) is 172 Å². The normalized spacial score (nSPS) is 37.5. The minimum absolute atomic E-state index is 0.000602. The first-order valence-electron chi connectivity index (χ1n) is 32.6. The summed E-state index contributed by atoms with van der Waals surface area (Å²) in [6.45, 7) is 9.51. The van der Waals surface area contributed by atoms with Crippen LogP contribution in [-0.2, 0) is 24.0 Å². The predicted molar refractivity (Wildman–Crippen MR) is 327 cm³/mol. The van der Waals surface area contributed by atoms with Gasteiger partial charge >= 0.3 is 0 Å². The maximum Gasteiger partial charge on any atom is 0.188 e. The molecule has 452 valence electrons. The quantitative estimate of drug-likeness (QED) is 0.0877. The topological polar surface area (TPSA) is 190 Å². The van der Waals surface area contributed by atoms with Crippen molar-refractivity contribution >= 4 is 5.96 Å². The molecule has 13 heteroatoms. The monoisotopic (exact) mass is 1150 g/mol. The summed E-state index contributed by atoms with van der Waals surface area (Å²) < 4.78 is 34.1. The number of aromatic hydroxyl groups is 1. The highest BCUT2D eigenvalue weighted by atomic mass is 16.5. The molecule has 6 aliphatic carbocycles. The van der Waals surface area contributed by atoms with Gasteiger partial charge in [-0.2, -0.15) is 0 Å². The first-order chi connectivity index (χ1) is 40.7. The van der Waals surface area contributed by atoms with E-state index in [1.54, 1.807) is 7.11 Å². The molecule has 3 spiro atoms. The van der Waals surface area contributed by atoms with Crippen LogP contribution in [0.1, 0.15) is 157 Å². The maximum atomic E-state index is 13.0. The molecule has 0 amide bonds. The average Bonchev–Trinajstić information content (AvgIpc) is 1.88. The molecule has 0 aromatic heterocycles. The summed E-state index contributed by atoms with van der Waals surface area (Å²) in [5.74, 6) is 8.84. The average molecular weight is 1150 g/mol. The van der Waals surface area contributed by atoms with Gasteiger partial charge < -0.3 is 60.5 Å². The largest absolute Gasteiger partial charge is 0.508 e. The third kappa shape index (κ3) is 10.3. The Balaban J connectivity index is 0.921. The lowest BCUT2D eigenvalue weighted by atomic mass is 9.52. The molecule has 13 aliphatic rings. The van der Waals surface area contributed by atoms with Crippen LogP contribution in [0.2, 0.25) is 0 Å². The van der Waals surface area contributed by atoms with Gasteiger partial charge in [0.15, 0.2) is 17.5 Å². The van der Waals surface area contributed by atoms with E-state index in [2.05, 4.69) is 80.8 Å². The Hall–Kier alpha value is -5.23. The number of rotatable bonds is 7. The van der Waals surface area contributed by atoms with Crippen molar-refractivity contribution in [2.75, 3.05) is 47.0 Å². The molecule has 13 nitrogen and oxygen atoms in total. The van der Waals surface area contributed by atoms with Crippen LogP contribution in [0.15, 0.2) is 65.7 Å². The Morgan fingerprint density at radius 1 is 0.905 bits per heavy atom. The van der Waals surface area contributed by atoms with Crippen molar-refractivity contribution in [3.05, 3.63) is 88.5 Å². The standard InChI is InChI=1S/C71H94N4O9/c1-6-43-27-46-12-11-45(43)28-53(77)36-69(21-19-51-16-17-52-15-9-42(37-73-4)35-71(52)39-70(51,69)22-25-82-71)40-75-68(72)74-23-20-54-48(38-76)13-10-44-8-7-24-81-60-18-14-47(32-62(60)84-66(44)54)67-59(79)33-57-61(83-67)34-63(80-5)65-56-30-50(26-41(2)3)58(78)31-49(56)29-55(46)64(57)65/h11-12,14,16-18,30-32,34,41-46,48,51-55,59,66-67,73,76-79H,6,8-10,13,15,19-23,25-29,33,35-40H2,1-5H3,(H3,72,74,75)/t42-,43+,44-,45-,46-,48+,51-,52-,53+,54-,55-,59-,66-,67+,69-,70-,71-/m1/s1. The van der Waals surface area contributed by atoms with Crippen molar-refractivity contribution in [2.24, 2.45) is 80.7 Å². The number of nitrogens with zero attached hydrogens (tertiary/aromatic N) is 1. The number of hydrogen-bond acceptors (Lipinski definition) is 13. The van der Waals surface area contributed by atoms with E-state index in [9.17, 15) is 20.4 Å². The van der Waals surface area contributed by atoms with Gasteiger partial charge in [-0.3, -0.25) is 4.99 Å². The van der Waals surface area contributed by atoms with Crippen molar-refractivity contribution in [3.63, 3.8) is 0 Å². The molecule has 84 heavy (non-hydrogen) atoms. The number of aliphatic hydroxyl groups is 3. The zero-order valence-corrected chi connectivity index (χ0v) is 50.6. The molecule has 3 aromatic carbocycles. The van der Waals surface area contributed by atoms with Gasteiger partial charge in [-0.15, -0.1) is 0 Å². The first kappa shape index (κ1) is 57.8. The highest BCUT2D eigenvalue weighted by Gasteiger charge is 2.66. The second kappa shape index (κ2) is 23.5. The lowest BCUT2D eigenvalue weighted by Gasteiger charge is -2.58. The Bertz CT molecular complexity index is 3090. The number of allylic oxidation sites excluding steroid dienone is 3. The van der Waals surface area contributed by atoms with E-state index in [-0.39, 0.29) is 64.6 Å². The number of phenolic OH excluding ortho intramolecular Hbond substituents is 1. The van der Waals surface area contributed by atoms with Gasteiger partial charge in [0.2, 0.25) is 0 Å². The van der Waals surface area contributed by atoms with E-state index in [0.717, 1.165) is 123 Å². The molecule has 7 heterocycles. The number of nitrogens with two attached hydrogens (primary N) is 1. The van der Waals surface area contributed by atoms with Gasteiger partial charge in [-0.05, 0) is 220 Å². The number of benzene rings is 3. The van der Waals surface area contributed by atoms with Crippen molar-refractivity contribution < 1.29 is 44.1 Å². The number of guanidine groups is 1. The molecule has 16 rings (SSSR count). The molecular weight excluding hydrogens is 1050 g/mol. The Kier molecular flexibility index (Phi) is 16.2. The van der Waals surface area contributed by atoms with Crippen molar-refractivity contribution in [3.8, 4) is 51.9 Å². The fourth-order valence-electron chi connectivity index (χ4n) is 19.3. The van der Waals surface area contributed by atoms with E-state index >= 15 is 0 Å². The smallest absolute Gasteiger partial charge is 0.188 e. The maximum absolute atomic E-state index is 13.0.